The summed E-state index contributed by atoms with van der Waals surface area (Å²) in [6, 6.07) is 14.9. The number of hydrogen-bond acceptors (Lipinski definition) is 9. The Labute approximate surface area is 231 Å². The van der Waals surface area contributed by atoms with Gasteiger partial charge in [-0.3, -0.25) is 0 Å². The lowest BCUT2D eigenvalue weighted by atomic mass is 9.73. The third-order valence-corrected chi connectivity index (χ3v) is 8.12. The third-order valence-electron chi connectivity index (χ3n) is 8.12. The van der Waals surface area contributed by atoms with Crippen LogP contribution in [0.2, 0.25) is 0 Å². The number of nitrogens with one attached hydrogen (secondary N) is 1. The van der Waals surface area contributed by atoms with Crippen molar-refractivity contribution in [2.75, 3.05) is 62.1 Å². The molecule has 1 aromatic carbocycles. The summed E-state index contributed by atoms with van der Waals surface area (Å²) in [4.78, 5) is 21.7. The van der Waals surface area contributed by atoms with Crippen LogP contribution in [-0.2, 0) is 21.4 Å². The number of morpholine rings is 1. The van der Waals surface area contributed by atoms with Crippen LogP contribution in [0.5, 0.6) is 0 Å². The smallest absolute Gasteiger partial charge is 0.229 e. The van der Waals surface area contributed by atoms with Crippen LogP contribution in [0.1, 0.15) is 38.4 Å². The minimum absolute atomic E-state index is 0.163. The van der Waals surface area contributed by atoms with Crippen molar-refractivity contribution in [1.29, 1.82) is 0 Å². The number of benzene rings is 1. The topological polar surface area (TPSA) is 78.9 Å². The van der Waals surface area contributed by atoms with Crippen molar-refractivity contribution in [3.8, 4) is 0 Å². The van der Waals surface area contributed by atoms with E-state index in [1.54, 1.807) is 0 Å². The first kappa shape index (κ1) is 26.0. The molecule has 206 valence electrons. The zero-order valence-electron chi connectivity index (χ0n) is 23.6. The molecule has 2 saturated heterocycles. The number of ether oxygens (including phenoxy) is 2. The van der Waals surface area contributed by atoms with Gasteiger partial charge in [-0.05, 0) is 70.8 Å². The van der Waals surface area contributed by atoms with Gasteiger partial charge in [0.05, 0.1) is 37.2 Å². The fourth-order valence-corrected chi connectivity index (χ4v) is 5.98. The molecule has 0 radical (unpaired) electrons. The van der Waals surface area contributed by atoms with E-state index in [1.807, 2.05) is 6.20 Å². The van der Waals surface area contributed by atoms with Crippen molar-refractivity contribution >= 4 is 29.0 Å². The Bertz CT molecular complexity index is 1320. The maximum absolute atomic E-state index is 6.35. The predicted octanol–water partition coefficient (Wildman–Crippen LogP) is 4.49. The molecule has 9 heteroatoms. The molecule has 1 N–H and O–H groups in total. The van der Waals surface area contributed by atoms with Crippen LogP contribution in [0.25, 0.3) is 0 Å². The summed E-state index contributed by atoms with van der Waals surface area (Å²) in [5.41, 5.74) is 3.83. The van der Waals surface area contributed by atoms with Gasteiger partial charge in [0.15, 0.2) is 0 Å². The Morgan fingerprint density at radius 1 is 1.03 bits per heavy atom. The second-order valence-electron chi connectivity index (χ2n) is 12.0. The molecule has 0 amide bonds. The van der Waals surface area contributed by atoms with Gasteiger partial charge >= 0.3 is 0 Å². The monoisotopic (exact) mass is 529 g/mol. The fourth-order valence-electron chi connectivity index (χ4n) is 5.98. The number of nitrogens with zero attached hydrogens (tertiary/aromatic N) is 6. The van der Waals surface area contributed by atoms with Crippen molar-refractivity contribution < 1.29 is 9.47 Å². The Hall–Kier alpha value is -3.27. The summed E-state index contributed by atoms with van der Waals surface area (Å²) in [6.45, 7) is 11.4. The normalized spacial score (nSPS) is 24.0. The highest BCUT2D eigenvalue weighted by atomic mass is 16.5. The number of aromatic nitrogens is 3. The standard InChI is InChI=1S/C30H39N7O2/c1-29(2)17-25-30(3,20-39-29)24-18-31-28(33-21-9-11-23(12-10-21)36-13-15-38-16-14-36)34-27(24)37(25)26-8-6-7-22(32-26)19-35(4)5/h6-12,18,25H,13-17,19-20H2,1-5H3,(H,31,33,34)/t25-,30-/m1/s1. The van der Waals surface area contributed by atoms with Crippen LogP contribution >= 0.6 is 0 Å². The molecule has 3 aliphatic heterocycles. The first-order valence-electron chi connectivity index (χ1n) is 13.8. The van der Waals surface area contributed by atoms with Gasteiger partial charge in [0.2, 0.25) is 5.95 Å². The quantitative estimate of drug-likeness (QED) is 0.497. The fraction of sp³-hybridized carbons (Fsp3) is 0.500. The molecular weight excluding hydrogens is 490 g/mol. The number of rotatable bonds is 6. The van der Waals surface area contributed by atoms with Crippen LogP contribution in [0.4, 0.5) is 29.0 Å². The molecule has 5 heterocycles. The summed E-state index contributed by atoms with van der Waals surface area (Å²) in [7, 11) is 4.13. The highest BCUT2D eigenvalue weighted by molar-refractivity contribution is 5.71. The zero-order valence-corrected chi connectivity index (χ0v) is 23.6. The lowest BCUT2D eigenvalue weighted by Crippen LogP contribution is -2.54. The van der Waals surface area contributed by atoms with E-state index in [1.165, 1.54) is 5.69 Å². The summed E-state index contributed by atoms with van der Waals surface area (Å²) in [6.07, 6.45) is 2.84. The molecule has 2 aromatic heterocycles. The van der Waals surface area contributed by atoms with E-state index in [9.17, 15) is 0 Å². The van der Waals surface area contributed by atoms with E-state index in [0.29, 0.717) is 12.6 Å². The van der Waals surface area contributed by atoms with Gasteiger partial charge in [-0.25, -0.2) is 9.97 Å². The van der Waals surface area contributed by atoms with Crippen molar-refractivity contribution in [2.24, 2.45) is 0 Å². The molecule has 0 bridgehead atoms. The van der Waals surface area contributed by atoms with Crippen molar-refractivity contribution in [3.63, 3.8) is 0 Å². The van der Waals surface area contributed by atoms with E-state index >= 15 is 0 Å². The Balaban J connectivity index is 1.33. The number of hydrogen-bond donors (Lipinski definition) is 1. The number of anilines is 5. The molecule has 2 atom stereocenters. The highest BCUT2D eigenvalue weighted by Gasteiger charge is 2.55. The first-order valence-corrected chi connectivity index (χ1v) is 13.8. The van der Waals surface area contributed by atoms with E-state index in [2.05, 4.69) is 97.3 Å². The van der Waals surface area contributed by atoms with Crippen molar-refractivity contribution in [1.82, 2.24) is 19.9 Å². The lowest BCUT2D eigenvalue weighted by Gasteiger charge is -2.46. The second kappa shape index (κ2) is 10.0. The predicted molar refractivity (Wildman–Crippen MR) is 154 cm³/mol. The third kappa shape index (κ3) is 5.06. The number of pyridine rings is 1. The molecular formula is C30H39N7O2. The highest BCUT2D eigenvalue weighted by Crippen LogP contribution is 2.52. The average Bonchev–Trinajstić information content (AvgIpc) is 3.16. The van der Waals surface area contributed by atoms with Crippen molar-refractivity contribution in [2.45, 2.75) is 50.8 Å². The minimum Gasteiger partial charge on any atom is -0.378 e. The number of fused-ring (bicyclic) bond motifs is 3. The van der Waals surface area contributed by atoms with E-state index < -0.39 is 0 Å². The Morgan fingerprint density at radius 2 is 1.79 bits per heavy atom. The summed E-state index contributed by atoms with van der Waals surface area (Å²) >= 11 is 0. The lowest BCUT2D eigenvalue weighted by molar-refractivity contribution is -0.0893. The molecule has 0 unspecified atom stereocenters. The molecule has 3 aliphatic rings. The molecule has 2 fully saturated rings. The van der Waals surface area contributed by atoms with Crippen LogP contribution in [0.3, 0.4) is 0 Å². The van der Waals surface area contributed by atoms with Crippen LogP contribution in [0, 0.1) is 0 Å². The molecule has 3 aromatic rings. The molecule has 0 aliphatic carbocycles. The van der Waals surface area contributed by atoms with E-state index in [-0.39, 0.29) is 17.1 Å². The maximum atomic E-state index is 6.35. The summed E-state index contributed by atoms with van der Waals surface area (Å²) in [5.74, 6) is 2.40. The molecule has 0 saturated carbocycles. The van der Waals surface area contributed by atoms with Gasteiger partial charge in [0, 0.05) is 48.2 Å². The van der Waals surface area contributed by atoms with Gasteiger partial charge in [-0.2, -0.15) is 4.98 Å². The molecule has 6 rings (SSSR count). The van der Waals surface area contributed by atoms with Crippen LogP contribution in [0.15, 0.2) is 48.7 Å². The van der Waals surface area contributed by atoms with E-state index in [4.69, 9.17) is 24.4 Å². The van der Waals surface area contributed by atoms with Gasteiger partial charge in [0.25, 0.3) is 0 Å². The minimum atomic E-state index is -0.234. The SMILES string of the molecule is CN(C)Cc1cccc(N2c3nc(Nc4ccc(N5CCOCC5)cc4)ncc3[C@@]3(C)COC(C)(C)C[C@@H]23)n1. The van der Waals surface area contributed by atoms with E-state index in [0.717, 1.165) is 67.8 Å². The maximum Gasteiger partial charge on any atom is 0.229 e. The van der Waals surface area contributed by atoms with Crippen molar-refractivity contribution in [3.05, 3.63) is 59.9 Å². The molecule has 0 spiro atoms. The van der Waals surface area contributed by atoms with Gasteiger partial charge in [-0.1, -0.05) is 13.0 Å². The zero-order chi connectivity index (χ0) is 27.2. The van der Waals surface area contributed by atoms with Crippen LogP contribution < -0.4 is 15.1 Å². The molecule has 9 nitrogen and oxygen atoms in total. The first-order chi connectivity index (χ1) is 18.7. The summed E-state index contributed by atoms with van der Waals surface area (Å²) in [5, 5.41) is 3.43. The largest absolute Gasteiger partial charge is 0.378 e. The van der Waals surface area contributed by atoms with Crippen LogP contribution in [-0.4, -0.2) is 78.5 Å². The van der Waals surface area contributed by atoms with Gasteiger partial charge < -0.3 is 29.5 Å². The Kier molecular flexibility index (Phi) is 6.69. The second-order valence-corrected chi connectivity index (χ2v) is 12.0. The summed E-state index contributed by atoms with van der Waals surface area (Å²) < 4.78 is 11.8. The Morgan fingerprint density at radius 3 is 2.54 bits per heavy atom. The van der Waals surface area contributed by atoms with Gasteiger partial charge in [-0.15, -0.1) is 0 Å². The van der Waals surface area contributed by atoms with Gasteiger partial charge in [0.1, 0.15) is 11.6 Å². The molecule has 39 heavy (non-hydrogen) atoms. The average molecular weight is 530 g/mol.